The SMILES string of the molecule is CN(C(C)(C)C)C(C)(C)C.C[NH+](C(C)(C)C)C(C)(C)C. The third-order valence-electron chi connectivity index (χ3n) is 4.26. The van der Waals surface area contributed by atoms with Crippen LogP contribution in [0.15, 0.2) is 0 Å². The van der Waals surface area contributed by atoms with E-state index in [0.29, 0.717) is 11.1 Å². The molecule has 0 saturated carbocycles. The maximum Gasteiger partial charge on any atom is 0.0893 e. The van der Waals surface area contributed by atoms with Crippen molar-refractivity contribution in [1.82, 2.24) is 4.90 Å². The van der Waals surface area contributed by atoms with Crippen molar-refractivity contribution in [1.29, 1.82) is 0 Å². The van der Waals surface area contributed by atoms with Crippen molar-refractivity contribution < 1.29 is 4.90 Å². The van der Waals surface area contributed by atoms with Gasteiger partial charge in [0.05, 0.1) is 18.1 Å². The Morgan fingerprint density at radius 3 is 0.750 bits per heavy atom. The van der Waals surface area contributed by atoms with E-state index in [1.54, 1.807) is 4.90 Å². The standard InChI is InChI=1S/2C9H21N/c2*1-8(2,3)10(7)9(4,5)6/h2*1-7H3/p+1. The lowest BCUT2D eigenvalue weighted by Crippen LogP contribution is -3.22. The molecule has 0 amide bonds. The number of rotatable bonds is 0. The highest BCUT2D eigenvalue weighted by Crippen LogP contribution is 2.21. The molecule has 0 aromatic carbocycles. The minimum Gasteiger partial charge on any atom is -0.329 e. The van der Waals surface area contributed by atoms with Gasteiger partial charge in [-0.3, -0.25) is 4.90 Å². The second kappa shape index (κ2) is 6.79. The Balaban J connectivity index is 0. The van der Waals surface area contributed by atoms with Crippen molar-refractivity contribution in [2.45, 2.75) is 105 Å². The first-order valence-electron chi connectivity index (χ1n) is 7.89. The van der Waals surface area contributed by atoms with Crippen molar-refractivity contribution in [3.8, 4) is 0 Å². The van der Waals surface area contributed by atoms with Gasteiger partial charge in [0.1, 0.15) is 0 Å². The highest BCUT2D eigenvalue weighted by Gasteiger charge is 2.31. The summed E-state index contributed by atoms with van der Waals surface area (Å²) in [5.41, 5.74) is 1.27. The van der Waals surface area contributed by atoms with Crippen molar-refractivity contribution >= 4 is 0 Å². The minimum absolute atomic E-state index is 0.276. The van der Waals surface area contributed by atoms with Crippen LogP contribution in [0.5, 0.6) is 0 Å². The first-order chi connectivity index (χ1) is 8.31. The molecule has 0 aromatic rings. The van der Waals surface area contributed by atoms with Gasteiger partial charge in [-0.25, -0.2) is 0 Å². The fourth-order valence-corrected chi connectivity index (χ4v) is 2.13. The van der Waals surface area contributed by atoms with Crippen LogP contribution in [-0.2, 0) is 0 Å². The predicted octanol–water partition coefficient (Wildman–Crippen LogP) is 3.61. The lowest BCUT2D eigenvalue weighted by atomic mass is 9.97. The Labute approximate surface area is 129 Å². The van der Waals surface area contributed by atoms with Crippen LogP contribution in [0.1, 0.15) is 83.1 Å². The fourth-order valence-electron chi connectivity index (χ4n) is 2.13. The number of hydrogen-bond acceptors (Lipinski definition) is 1. The van der Waals surface area contributed by atoms with Crippen molar-refractivity contribution in [3.63, 3.8) is 0 Å². The van der Waals surface area contributed by atoms with Crippen molar-refractivity contribution in [3.05, 3.63) is 0 Å². The lowest BCUT2D eigenvalue weighted by Gasteiger charge is -2.42. The van der Waals surface area contributed by atoms with Gasteiger partial charge in [-0.2, -0.15) is 0 Å². The highest BCUT2D eigenvalue weighted by atomic mass is 15.2. The summed E-state index contributed by atoms with van der Waals surface area (Å²) in [7, 11) is 4.42. The number of nitrogens with zero attached hydrogens (tertiary/aromatic N) is 1. The van der Waals surface area contributed by atoms with E-state index in [-0.39, 0.29) is 11.1 Å². The summed E-state index contributed by atoms with van der Waals surface area (Å²) < 4.78 is 0. The maximum atomic E-state index is 2.38. The average Bonchev–Trinajstić information content (AvgIpc) is 2.10. The van der Waals surface area contributed by atoms with E-state index in [4.69, 9.17) is 0 Å². The summed E-state index contributed by atoms with van der Waals surface area (Å²) in [6.07, 6.45) is 0. The summed E-state index contributed by atoms with van der Waals surface area (Å²) in [6.45, 7) is 27.0. The normalized spacial score (nSPS) is 14.4. The van der Waals surface area contributed by atoms with Crippen LogP contribution in [0.2, 0.25) is 0 Å². The molecule has 0 saturated heterocycles. The van der Waals surface area contributed by atoms with E-state index in [0.717, 1.165) is 0 Å². The number of hydrogen-bond donors (Lipinski definition) is 1. The van der Waals surface area contributed by atoms with Crippen LogP contribution >= 0.6 is 0 Å². The Bertz CT molecular complexity index is 208. The molecule has 0 rings (SSSR count). The van der Waals surface area contributed by atoms with Crippen molar-refractivity contribution in [2.75, 3.05) is 14.1 Å². The molecular formula is C18H43N2+. The smallest absolute Gasteiger partial charge is 0.0893 e. The molecule has 0 bridgehead atoms. The predicted molar refractivity (Wildman–Crippen MR) is 93.7 cm³/mol. The summed E-state index contributed by atoms with van der Waals surface area (Å²) in [5.74, 6) is 0. The molecule has 1 N–H and O–H groups in total. The Morgan fingerprint density at radius 1 is 0.550 bits per heavy atom. The van der Waals surface area contributed by atoms with Gasteiger partial charge in [0.2, 0.25) is 0 Å². The lowest BCUT2D eigenvalue weighted by molar-refractivity contribution is -0.972. The summed E-state index contributed by atoms with van der Waals surface area (Å²) in [6, 6.07) is 0. The van der Waals surface area contributed by atoms with Gasteiger partial charge < -0.3 is 4.90 Å². The second-order valence-electron chi connectivity index (χ2n) is 10.0. The summed E-state index contributed by atoms with van der Waals surface area (Å²) in [5, 5.41) is 0. The summed E-state index contributed by atoms with van der Waals surface area (Å²) in [4.78, 5) is 3.94. The van der Waals surface area contributed by atoms with Crippen molar-refractivity contribution in [2.24, 2.45) is 0 Å². The van der Waals surface area contributed by atoms with Crippen LogP contribution < -0.4 is 4.90 Å². The molecule has 124 valence electrons. The Hall–Kier alpha value is -0.0800. The molecule has 0 spiro atoms. The third-order valence-corrected chi connectivity index (χ3v) is 4.26. The fraction of sp³-hybridized carbons (Fsp3) is 1.00. The molecular weight excluding hydrogens is 244 g/mol. The van der Waals surface area contributed by atoms with Gasteiger partial charge in [0.15, 0.2) is 0 Å². The third kappa shape index (κ3) is 8.97. The zero-order chi connectivity index (χ0) is 17.2. The molecule has 0 heterocycles. The molecule has 0 aliphatic carbocycles. The topological polar surface area (TPSA) is 7.68 Å². The van der Waals surface area contributed by atoms with E-state index in [2.05, 4.69) is 102 Å². The zero-order valence-corrected chi connectivity index (χ0v) is 16.9. The Morgan fingerprint density at radius 2 is 0.750 bits per heavy atom. The van der Waals surface area contributed by atoms with Crippen LogP contribution in [0, 0.1) is 0 Å². The molecule has 0 aliphatic heterocycles. The maximum absolute atomic E-state index is 2.38. The van der Waals surface area contributed by atoms with Gasteiger partial charge in [-0.1, -0.05) is 0 Å². The van der Waals surface area contributed by atoms with E-state index in [1.807, 2.05) is 0 Å². The number of nitrogens with one attached hydrogen (secondary N) is 1. The van der Waals surface area contributed by atoms with E-state index in [1.165, 1.54) is 0 Å². The minimum atomic E-state index is 0.276. The van der Waals surface area contributed by atoms with Gasteiger partial charge in [0.25, 0.3) is 0 Å². The van der Waals surface area contributed by atoms with Crippen LogP contribution in [-0.4, -0.2) is 41.2 Å². The van der Waals surface area contributed by atoms with Gasteiger partial charge >= 0.3 is 0 Å². The molecule has 0 unspecified atom stereocenters. The molecule has 2 heteroatoms. The van der Waals surface area contributed by atoms with Gasteiger partial charge in [0, 0.05) is 11.1 Å². The van der Waals surface area contributed by atoms with Gasteiger partial charge in [-0.15, -0.1) is 0 Å². The molecule has 2 nitrogen and oxygen atoms in total. The first-order valence-corrected chi connectivity index (χ1v) is 7.89. The van der Waals surface area contributed by atoms with E-state index < -0.39 is 0 Å². The molecule has 20 heavy (non-hydrogen) atoms. The van der Waals surface area contributed by atoms with Crippen LogP contribution in [0.3, 0.4) is 0 Å². The van der Waals surface area contributed by atoms with Crippen LogP contribution in [0.25, 0.3) is 0 Å². The average molecular weight is 288 g/mol. The molecule has 0 aromatic heterocycles. The summed E-state index contributed by atoms with van der Waals surface area (Å²) >= 11 is 0. The van der Waals surface area contributed by atoms with Crippen LogP contribution in [0.4, 0.5) is 0 Å². The Kier molecular flexibility index (Phi) is 7.54. The molecule has 0 aliphatic rings. The van der Waals surface area contributed by atoms with E-state index in [9.17, 15) is 0 Å². The van der Waals surface area contributed by atoms with Gasteiger partial charge in [-0.05, 0) is 90.1 Å². The second-order valence-corrected chi connectivity index (χ2v) is 10.0. The first kappa shape index (κ1) is 22.2. The largest absolute Gasteiger partial charge is 0.329 e. The zero-order valence-electron chi connectivity index (χ0n) is 16.9. The molecule has 0 fully saturated rings. The highest BCUT2D eigenvalue weighted by molar-refractivity contribution is 4.83. The quantitative estimate of drug-likeness (QED) is 0.715. The molecule has 0 atom stereocenters. The van der Waals surface area contributed by atoms with E-state index >= 15 is 0 Å². The molecule has 0 radical (unpaired) electrons. The number of quaternary nitrogens is 1. The monoisotopic (exact) mass is 287 g/mol.